The van der Waals surface area contributed by atoms with Gasteiger partial charge in [0.05, 0.1) is 4.90 Å². The van der Waals surface area contributed by atoms with E-state index < -0.39 is 10.0 Å². The van der Waals surface area contributed by atoms with E-state index in [-0.39, 0.29) is 16.7 Å². The number of amides is 1. The third-order valence-electron chi connectivity index (χ3n) is 3.61. The van der Waals surface area contributed by atoms with E-state index in [0.29, 0.717) is 13.0 Å². The monoisotopic (exact) mass is 326 g/mol. The van der Waals surface area contributed by atoms with E-state index in [0.717, 1.165) is 31.2 Å². The first kappa shape index (κ1) is 18.6. The Balaban J connectivity index is 2.48. The van der Waals surface area contributed by atoms with Crippen LogP contribution >= 0.6 is 0 Å². The fourth-order valence-corrected chi connectivity index (χ4v) is 2.94. The zero-order valence-electron chi connectivity index (χ0n) is 13.3. The molecule has 0 heterocycles. The van der Waals surface area contributed by atoms with Crippen molar-refractivity contribution in [3.63, 3.8) is 0 Å². The summed E-state index contributed by atoms with van der Waals surface area (Å²) in [5, 5.41) is 8.02. The second-order valence-corrected chi connectivity index (χ2v) is 7.07. The fourth-order valence-electron chi connectivity index (χ4n) is 2.42. The van der Waals surface area contributed by atoms with Gasteiger partial charge in [-0.05, 0) is 37.0 Å². The maximum absolute atomic E-state index is 12.1. The number of hydrogen-bond acceptors (Lipinski definition) is 3. The van der Waals surface area contributed by atoms with Crippen molar-refractivity contribution in [1.82, 2.24) is 5.32 Å². The Bertz CT molecular complexity index is 562. The molecule has 0 aliphatic rings. The van der Waals surface area contributed by atoms with Crippen LogP contribution in [0.2, 0.25) is 0 Å². The molecule has 22 heavy (non-hydrogen) atoms. The summed E-state index contributed by atoms with van der Waals surface area (Å²) >= 11 is 0. The van der Waals surface area contributed by atoms with Crippen LogP contribution in [-0.2, 0) is 21.2 Å². The molecule has 1 rings (SSSR count). The predicted molar refractivity (Wildman–Crippen MR) is 87.8 cm³/mol. The molecule has 5 nitrogen and oxygen atoms in total. The minimum Gasteiger partial charge on any atom is -0.356 e. The number of rotatable bonds is 9. The molecule has 0 unspecified atom stereocenters. The van der Waals surface area contributed by atoms with Gasteiger partial charge in [0.15, 0.2) is 0 Å². The molecule has 1 amide bonds. The zero-order valence-corrected chi connectivity index (χ0v) is 14.2. The second kappa shape index (κ2) is 8.90. The largest absolute Gasteiger partial charge is 0.356 e. The lowest BCUT2D eigenvalue weighted by Crippen LogP contribution is -2.32. The number of nitrogens with one attached hydrogen (secondary N) is 1. The number of hydrogen-bond donors (Lipinski definition) is 2. The van der Waals surface area contributed by atoms with Crippen LogP contribution < -0.4 is 10.5 Å². The maximum atomic E-state index is 12.1. The molecule has 0 saturated heterocycles. The van der Waals surface area contributed by atoms with Gasteiger partial charge in [0, 0.05) is 12.5 Å². The lowest BCUT2D eigenvalue weighted by Gasteiger charge is -2.15. The molecule has 124 valence electrons. The number of carbonyl (C=O) groups is 1. The summed E-state index contributed by atoms with van der Waals surface area (Å²) in [7, 11) is -3.65. The van der Waals surface area contributed by atoms with Gasteiger partial charge in [-0.3, -0.25) is 4.79 Å². The summed E-state index contributed by atoms with van der Waals surface area (Å²) in [6.07, 6.45) is 4.52. The minimum absolute atomic E-state index is 0.0970. The maximum Gasteiger partial charge on any atom is 0.238 e. The SMILES string of the molecule is CCCC(CCC)C(=O)NCCc1ccc(S(N)(=O)=O)cc1. The molecule has 0 saturated carbocycles. The Morgan fingerprint density at radius 1 is 1.14 bits per heavy atom. The number of primary sulfonamides is 1. The van der Waals surface area contributed by atoms with E-state index >= 15 is 0 Å². The van der Waals surface area contributed by atoms with E-state index in [1.807, 2.05) is 0 Å². The average Bonchev–Trinajstić information content (AvgIpc) is 2.46. The summed E-state index contributed by atoms with van der Waals surface area (Å²) < 4.78 is 22.3. The van der Waals surface area contributed by atoms with Gasteiger partial charge in [-0.25, -0.2) is 13.6 Å². The molecule has 1 aromatic rings. The normalized spacial score (nSPS) is 11.6. The van der Waals surface area contributed by atoms with Crippen LogP contribution in [0.5, 0.6) is 0 Å². The summed E-state index contributed by atoms with van der Waals surface area (Å²) in [6.45, 7) is 4.73. The van der Waals surface area contributed by atoms with Crippen molar-refractivity contribution in [2.24, 2.45) is 11.1 Å². The molecule has 0 fully saturated rings. The minimum atomic E-state index is -3.65. The lowest BCUT2D eigenvalue weighted by molar-refractivity contribution is -0.125. The zero-order chi connectivity index (χ0) is 16.6. The molecule has 0 bridgehead atoms. The molecular formula is C16H26N2O3S. The Morgan fingerprint density at radius 3 is 2.14 bits per heavy atom. The molecule has 0 aliphatic heterocycles. The van der Waals surface area contributed by atoms with Crippen LogP contribution in [0.15, 0.2) is 29.2 Å². The van der Waals surface area contributed by atoms with Crippen molar-refractivity contribution < 1.29 is 13.2 Å². The summed E-state index contributed by atoms with van der Waals surface area (Å²) in [6, 6.07) is 6.43. The van der Waals surface area contributed by atoms with E-state index in [9.17, 15) is 13.2 Å². The van der Waals surface area contributed by atoms with Crippen LogP contribution in [0.25, 0.3) is 0 Å². The van der Waals surface area contributed by atoms with Crippen LogP contribution in [0, 0.1) is 5.92 Å². The van der Waals surface area contributed by atoms with Crippen molar-refractivity contribution in [3.05, 3.63) is 29.8 Å². The van der Waals surface area contributed by atoms with E-state index in [2.05, 4.69) is 19.2 Å². The van der Waals surface area contributed by atoms with E-state index in [4.69, 9.17) is 5.14 Å². The molecule has 1 aromatic carbocycles. The van der Waals surface area contributed by atoms with Crippen molar-refractivity contribution in [1.29, 1.82) is 0 Å². The van der Waals surface area contributed by atoms with Crippen molar-refractivity contribution in [3.8, 4) is 0 Å². The number of nitrogens with two attached hydrogens (primary N) is 1. The smallest absolute Gasteiger partial charge is 0.238 e. The van der Waals surface area contributed by atoms with Crippen LogP contribution in [0.1, 0.15) is 45.1 Å². The first-order chi connectivity index (χ1) is 10.4. The fraction of sp³-hybridized carbons (Fsp3) is 0.562. The number of carbonyl (C=O) groups excluding carboxylic acids is 1. The predicted octanol–water partition coefficient (Wildman–Crippen LogP) is 2.21. The lowest BCUT2D eigenvalue weighted by atomic mass is 9.97. The summed E-state index contributed by atoms with van der Waals surface area (Å²) in [4.78, 5) is 12.2. The highest BCUT2D eigenvalue weighted by Crippen LogP contribution is 2.13. The molecule has 0 atom stereocenters. The van der Waals surface area contributed by atoms with Gasteiger partial charge in [-0.2, -0.15) is 0 Å². The molecular weight excluding hydrogens is 300 g/mol. The summed E-state index contributed by atoms with van der Waals surface area (Å²) in [5.41, 5.74) is 0.968. The second-order valence-electron chi connectivity index (χ2n) is 5.50. The number of sulfonamides is 1. The molecule has 0 aromatic heterocycles. The van der Waals surface area contributed by atoms with E-state index in [1.54, 1.807) is 12.1 Å². The Hall–Kier alpha value is -1.40. The quantitative estimate of drug-likeness (QED) is 0.729. The topological polar surface area (TPSA) is 89.3 Å². The third kappa shape index (κ3) is 6.15. The van der Waals surface area contributed by atoms with E-state index in [1.165, 1.54) is 12.1 Å². The molecule has 6 heteroatoms. The van der Waals surface area contributed by atoms with Crippen LogP contribution in [-0.4, -0.2) is 20.9 Å². The first-order valence-corrected chi connectivity index (χ1v) is 9.32. The van der Waals surface area contributed by atoms with Gasteiger partial charge < -0.3 is 5.32 Å². The van der Waals surface area contributed by atoms with Crippen LogP contribution in [0.4, 0.5) is 0 Å². The van der Waals surface area contributed by atoms with Gasteiger partial charge in [0.2, 0.25) is 15.9 Å². The van der Waals surface area contributed by atoms with Gasteiger partial charge in [0.25, 0.3) is 0 Å². The molecule has 0 radical (unpaired) electrons. The van der Waals surface area contributed by atoms with Crippen LogP contribution in [0.3, 0.4) is 0 Å². The number of benzene rings is 1. The third-order valence-corrected chi connectivity index (χ3v) is 4.54. The van der Waals surface area contributed by atoms with Gasteiger partial charge >= 0.3 is 0 Å². The summed E-state index contributed by atoms with van der Waals surface area (Å²) in [5.74, 6) is 0.213. The van der Waals surface area contributed by atoms with Gasteiger partial charge in [0.1, 0.15) is 0 Å². The standard InChI is InChI=1S/C16H26N2O3S/c1-3-5-14(6-4-2)16(19)18-12-11-13-7-9-15(10-8-13)22(17,20)21/h7-10,14H,3-6,11-12H2,1-2H3,(H,18,19)(H2,17,20,21). The highest BCUT2D eigenvalue weighted by Gasteiger charge is 2.15. The van der Waals surface area contributed by atoms with Gasteiger partial charge in [-0.1, -0.05) is 38.8 Å². The Labute approximate surface area is 133 Å². The van der Waals surface area contributed by atoms with Crippen molar-refractivity contribution >= 4 is 15.9 Å². The van der Waals surface area contributed by atoms with Crippen molar-refractivity contribution in [2.45, 2.75) is 50.8 Å². The van der Waals surface area contributed by atoms with Gasteiger partial charge in [-0.15, -0.1) is 0 Å². The first-order valence-electron chi connectivity index (χ1n) is 7.78. The highest BCUT2D eigenvalue weighted by atomic mass is 32.2. The molecule has 0 spiro atoms. The van der Waals surface area contributed by atoms with Crippen molar-refractivity contribution in [2.75, 3.05) is 6.54 Å². The molecule has 3 N–H and O–H groups in total. The average molecular weight is 326 g/mol. The Morgan fingerprint density at radius 2 is 1.68 bits per heavy atom. The Kier molecular flexibility index (Phi) is 7.55. The highest BCUT2D eigenvalue weighted by molar-refractivity contribution is 7.89. The molecule has 0 aliphatic carbocycles.